The lowest BCUT2D eigenvalue weighted by atomic mass is 9.65. The summed E-state index contributed by atoms with van der Waals surface area (Å²) in [5.41, 5.74) is 9.10. The van der Waals surface area contributed by atoms with Crippen LogP contribution in [-0.2, 0) is 5.41 Å². The summed E-state index contributed by atoms with van der Waals surface area (Å²) in [4.78, 5) is 5.06. The Hall–Kier alpha value is -2.89. The maximum absolute atomic E-state index is 6.00. The Kier molecular flexibility index (Phi) is 9.12. The zero-order valence-electron chi connectivity index (χ0n) is 24.9. The summed E-state index contributed by atoms with van der Waals surface area (Å²) in [6, 6.07) is 22.5. The number of aromatic nitrogens is 1. The lowest BCUT2D eigenvalue weighted by molar-refractivity contribution is 0.266. The first kappa shape index (κ1) is 28.6. The highest BCUT2D eigenvalue weighted by Gasteiger charge is 2.45. The Bertz CT molecular complexity index is 1430. The predicted octanol–water partition coefficient (Wildman–Crippen LogP) is 11.4. The second-order valence-corrected chi connectivity index (χ2v) is 13.0. The van der Waals surface area contributed by atoms with Crippen LogP contribution in [0.2, 0.25) is 0 Å². The van der Waals surface area contributed by atoms with Crippen LogP contribution in [0, 0.1) is 24.2 Å². The molecule has 1 aliphatic rings. The minimum atomic E-state index is -0.0208. The van der Waals surface area contributed by atoms with Crippen molar-refractivity contribution in [3.8, 4) is 34.0 Å². The maximum atomic E-state index is 6.00. The molecule has 2 heteroatoms. The lowest BCUT2D eigenvalue weighted by Crippen LogP contribution is -2.31. The second kappa shape index (κ2) is 12.7. The van der Waals surface area contributed by atoms with Crippen molar-refractivity contribution in [3.63, 3.8) is 0 Å². The van der Waals surface area contributed by atoms with Gasteiger partial charge in [0, 0.05) is 16.5 Å². The Labute approximate surface area is 246 Å². The average Bonchev–Trinajstić information content (AvgIpc) is 3.54. The third-order valence-electron chi connectivity index (χ3n) is 9.43. The number of rotatable bonds is 13. The number of nitrogens with zero attached hydrogens (tertiary/aromatic N) is 1. The summed E-state index contributed by atoms with van der Waals surface area (Å²) in [6.07, 6.45) is 18.6. The molecular formula is C38H45NS. The van der Waals surface area contributed by atoms with Crippen molar-refractivity contribution in [3.05, 3.63) is 77.4 Å². The normalized spacial score (nSPS) is 17.4. The van der Waals surface area contributed by atoms with Gasteiger partial charge in [-0.2, -0.15) is 0 Å². The molecule has 0 radical (unpaired) electrons. The highest BCUT2D eigenvalue weighted by Crippen LogP contribution is 2.57. The molecule has 0 aliphatic heterocycles. The molecule has 1 aromatic heterocycles. The van der Waals surface area contributed by atoms with Gasteiger partial charge in [-0.05, 0) is 77.3 Å². The molecule has 0 spiro atoms. The number of hydrogen-bond acceptors (Lipinski definition) is 2. The molecule has 0 amide bonds. The number of hydrogen-bond donors (Lipinski definition) is 0. The summed E-state index contributed by atoms with van der Waals surface area (Å²) in [5, 5.41) is 1.12. The van der Waals surface area contributed by atoms with E-state index in [-0.39, 0.29) is 5.41 Å². The number of unbranched alkanes of at least 4 members (excludes halogenated alkanes) is 2. The van der Waals surface area contributed by atoms with Crippen molar-refractivity contribution >= 4 is 21.6 Å². The molecule has 1 aliphatic carbocycles. The van der Waals surface area contributed by atoms with Crippen LogP contribution in [0.4, 0.5) is 0 Å². The number of benzene rings is 3. The number of para-hydroxylation sites is 1. The van der Waals surface area contributed by atoms with Crippen LogP contribution in [0.3, 0.4) is 0 Å². The van der Waals surface area contributed by atoms with Gasteiger partial charge in [0.25, 0.3) is 0 Å². The molecule has 0 bridgehead atoms. The van der Waals surface area contributed by atoms with Gasteiger partial charge in [0.15, 0.2) is 0 Å². The maximum Gasteiger partial charge on any atom is 0.124 e. The number of terminal acetylenes is 1. The summed E-state index contributed by atoms with van der Waals surface area (Å²) in [6.45, 7) is 9.44. The molecule has 40 heavy (non-hydrogen) atoms. The molecule has 4 aromatic rings. The van der Waals surface area contributed by atoms with Gasteiger partial charge in [-0.25, -0.2) is 4.98 Å². The topological polar surface area (TPSA) is 12.9 Å². The monoisotopic (exact) mass is 547 g/mol. The Morgan fingerprint density at radius 1 is 0.800 bits per heavy atom. The molecule has 0 saturated heterocycles. The van der Waals surface area contributed by atoms with E-state index >= 15 is 0 Å². The van der Waals surface area contributed by atoms with E-state index in [0.29, 0.717) is 11.8 Å². The van der Waals surface area contributed by atoms with E-state index in [1.54, 1.807) is 0 Å². The highest BCUT2D eigenvalue weighted by molar-refractivity contribution is 7.21. The van der Waals surface area contributed by atoms with Crippen LogP contribution in [-0.4, -0.2) is 4.98 Å². The van der Waals surface area contributed by atoms with E-state index in [2.05, 4.69) is 94.3 Å². The largest absolute Gasteiger partial charge is 0.236 e. The van der Waals surface area contributed by atoms with E-state index in [0.717, 1.165) is 16.1 Å². The fraction of sp³-hybridized carbons (Fsp3) is 0.447. The average molecular weight is 548 g/mol. The van der Waals surface area contributed by atoms with Gasteiger partial charge in [-0.15, -0.1) is 17.8 Å². The van der Waals surface area contributed by atoms with Crippen LogP contribution in [0.25, 0.3) is 31.9 Å². The van der Waals surface area contributed by atoms with Gasteiger partial charge in [-0.1, -0.05) is 115 Å². The zero-order chi connectivity index (χ0) is 28.1. The third-order valence-corrected chi connectivity index (χ3v) is 10.5. The third kappa shape index (κ3) is 5.51. The van der Waals surface area contributed by atoms with Gasteiger partial charge in [-0.3, -0.25) is 0 Å². The van der Waals surface area contributed by atoms with E-state index < -0.39 is 0 Å². The smallest absolute Gasteiger partial charge is 0.124 e. The molecule has 2 unspecified atom stereocenters. The van der Waals surface area contributed by atoms with Gasteiger partial charge < -0.3 is 0 Å². The molecule has 1 heterocycles. The van der Waals surface area contributed by atoms with E-state index in [4.69, 9.17) is 11.4 Å². The fourth-order valence-corrected chi connectivity index (χ4v) is 8.07. The molecular weight excluding hydrogens is 502 g/mol. The highest BCUT2D eigenvalue weighted by atomic mass is 32.1. The fourth-order valence-electron chi connectivity index (χ4n) is 7.11. The first-order valence-electron chi connectivity index (χ1n) is 15.7. The molecule has 208 valence electrons. The van der Waals surface area contributed by atoms with E-state index in [9.17, 15) is 0 Å². The molecule has 0 fully saturated rings. The quantitative estimate of drug-likeness (QED) is 0.152. The van der Waals surface area contributed by atoms with Crippen molar-refractivity contribution < 1.29 is 0 Å². The SMILES string of the molecule is C#Cc1ccc2c(c1)C(CC(CC)CCCC)(CC(CC)CCCC)c1cc(-c3nc4ccccc4s3)ccc1-2. The molecule has 1 nitrogen and oxygen atoms in total. The number of thiazole rings is 1. The molecule has 5 rings (SSSR count). The first-order chi connectivity index (χ1) is 19.6. The van der Waals surface area contributed by atoms with Gasteiger partial charge >= 0.3 is 0 Å². The van der Waals surface area contributed by atoms with Crippen molar-refractivity contribution in [2.45, 2.75) is 97.3 Å². The molecule has 3 aromatic carbocycles. The summed E-state index contributed by atoms with van der Waals surface area (Å²) < 4.78 is 1.25. The Morgan fingerprint density at radius 3 is 2.02 bits per heavy atom. The molecule has 0 saturated carbocycles. The predicted molar refractivity (Wildman–Crippen MR) is 175 cm³/mol. The minimum Gasteiger partial charge on any atom is -0.236 e. The molecule has 2 atom stereocenters. The van der Waals surface area contributed by atoms with Gasteiger partial charge in [0.05, 0.1) is 10.2 Å². The van der Waals surface area contributed by atoms with Crippen LogP contribution in [0.5, 0.6) is 0 Å². The van der Waals surface area contributed by atoms with Crippen LogP contribution in [0.15, 0.2) is 60.7 Å². The standard InChI is InChI=1S/C38H45NS/c1-6-11-15-28(9-4)25-38(26-29(10-5)16-12-7-2)33-23-27(8-3)19-21-31(33)32-22-20-30(24-34(32)38)37-39-35-17-13-14-18-36(35)40-37/h3,13-14,17-24,28-29H,6-7,9-12,15-16,25-26H2,1-2,4-5H3. The van der Waals surface area contributed by atoms with Crippen molar-refractivity contribution in [1.29, 1.82) is 0 Å². The van der Waals surface area contributed by atoms with E-state index in [1.165, 1.54) is 96.7 Å². The van der Waals surface area contributed by atoms with Crippen molar-refractivity contribution in [2.24, 2.45) is 11.8 Å². The van der Waals surface area contributed by atoms with Gasteiger partial charge in [0.1, 0.15) is 5.01 Å². The summed E-state index contributed by atoms with van der Waals surface area (Å²) in [5.74, 6) is 4.36. The van der Waals surface area contributed by atoms with Gasteiger partial charge in [0.2, 0.25) is 0 Å². The van der Waals surface area contributed by atoms with Crippen LogP contribution in [0.1, 0.15) is 109 Å². The second-order valence-electron chi connectivity index (χ2n) is 12.0. The summed E-state index contributed by atoms with van der Waals surface area (Å²) >= 11 is 1.81. The first-order valence-corrected chi connectivity index (χ1v) is 16.5. The summed E-state index contributed by atoms with van der Waals surface area (Å²) in [7, 11) is 0. The molecule has 0 N–H and O–H groups in total. The lowest BCUT2D eigenvalue weighted by Gasteiger charge is -2.39. The van der Waals surface area contributed by atoms with Crippen LogP contribution >= 0.6 is 11.3 Å². The Balaban J connectivity index is 1.71. The van der Waals surface area contributed by atoms with Crippen LogP contribution < -0.4 is 0 Å². The van der Waals surface area contributed by atoms with Crippen molar-refractivity contribution in [1.82, 2.24) is 4.98 Å². The van der Waals surface area contributed by atoms with Crippen molar-refractivity contribution in [2.75, 3.05) is 0 Å². The van der Waals surface area contributed by atoms with E-state index in [1.807, 2.05) is 11.3 Å². The number of fused-ring (bicyclic) bond motifs is 4. The zero-order valence-corrected chi connectivity index (χ0v) is 25.7. The Morgan fingerprint density at radius 2 is 1.43 bits per heavy atom. The minimum absolute atomic E-state index is 0.0208.